The Kier molecular flexibility index (Phi) is 29.1. The van der Waals surface area contributed by atoms with Crippen LogP contribution in [0.4, 0.5) is 0 Å². The average Bonchev–Trinajstić information content (AvgIpc) is 3.47. The van der Waals surface area contributed by atoms with Gasteiger partial charge in [0.15, 0.2) is 11.9 Å². The van der Waals surface area contributed by atoms with Gasteiger partial charge in [-0.05, 0) is 52.4 Å². The largest absolute Gasteiger partial charge is 0.474 e. The number of unbranched alkanes of at least 4 members (excludes halogenated alkanes) is 19. The number of esters is 2. The first-order valence-corrected chi connectivity index (χ1v) is 21.9. The van der Waals surface area contributed by atoms with Crippen molar-refractivity contribution in [2.24, 2.45) is 0 Å². The van der Waals surface area contributed by atoms with Gasteiger partial charge in [-0.3, -0.25) is 23.2 Å². The lowest BCUT2D eigenvalue weighted by Gasteiger charge is -2.22. The van der Waals surface area contributed by atoms with Crippen molar-refractivity contribution in [3.8, 4) is 0 Å². The molecule has 1 aliphatic rings. The zero-order valence-corrected chi connectivity index (χ0v) is 34.0. The molecule has 11 heteroatoms. The van der Waals surface area contributed by atoms with Gasteiger partial charge >= 0.3 is 19.8 Å². The summed E-state index contributed by atoms with van der Waals surface area (Å²) in [5.74, 6) is -1.53. The first-order valence-electron chi connectivity index (χ1n) is 20.4. The van der Waals surface area contributed by atoms with E-state index in [1.807, 2.05) is 0 Å². The molecule has 10 nitrogen and oxygen atoms in total. The number of hydrogen-bond donors (Lipinski definition) is 0. The average molecular weight is 747 g/mol. The monoisotopic (exact) mass is 747 g/mol. The molecule has 0 aromatic heterocycles. The highest BCUT2D eigenvalue weighted by Gasteiger charge is 2.36. The molecule has 0 radical (unpaired) electrons. The van der Waals surface area contributed by atoms with E-state index in [-0.39, 0.29) is 38.8 Å². The van der Waals surface area contributed by atoms with Crippen molar-refractivity contribution in [1.82, 2.24) is 0 Å². The zero-order chi connectivity index (χ0) is 37.5. The summed E-state index contributed by atoms with van der Waals surface area (Å²) in [7, 11) is -2.78. The van der Waals surface area contributed by atoms with Crippen molar-refractivity contribution in [3.05, 3.63) is 12.2 Å². The number of ether oxygens (including phenoxy) is 4. The maximum atomic E-state index is 13.1. The number of carbonyl (C=O) groups excluding carboxylic acids is 2. The number of rotatable bonds is 35. The molecule has 0 amide bonds. The molecule has 1 rings (SSSR count). The van der Waals surface area contributed by atoms with E-state index in [4.69, 9.17) is 32.5 Å². The van der Waals surface area contributed by atoms with E-state index < -0.39 is 31.8 Å². The summed E-state index contributed by atoms with van der Waals surface area (Å²) in [6, 6.07) is 0. The summed E-state index contributed by atoms with van der Waals surface area (Å²) >= 11 is 0. The second-order valence-electron chi connectivity index (χ2n) is 14.4. The van der Waals surface area contributed by atoms with Gasteiger partial charge in [-0.25, -0.2) is 4.57 Å². The molecular weight excluding hydrogens is 671 g/mol. The van der Waals surface area contributed by atoms with Crippen LogP contribution in [0.3, 0.4) is 0 Å². The Labute approximate surface area is 311 Å². The molecule has 1 aliphatic heterocycles. The van der Waals surface area contributed by atoms with Gasteiger partial charge in [0.2, 0.25) is 0 Å². The first kappa shape index (κ1) is 47.7. The number of hydrogen-bond acceptors (Lipinski definition) is 10. The van der Waals surface area contributed by atoms with Crippen molar-refractivity contribution in [1.29, 1.82) is 0 Å². The van der Waals surface area contributed by atoms with Crippen LogP contribution in [0.5, 0.6) is 0 Å². The molecule has 51 heavy (non-hydrogen) atoms. The minimum Gasteiger partial charge on any atom is -0.462 e. The third-order valence-corrected chi connectivity index (χ3v) is 10.4. The normalized spacial score (nSPS) is 17.5. The number of phosphoric acid groups is 1. The lowest BCUT2D eigenvalue weighted by Crippen LogP contribution is -2.30. The van der Waals surface area contributed by atoms with Gasteiger partial charge in [-0.2, -0.15) is 0 Å². The molecule has 0 saturated carbocycles. The fourth-order valence-corrected chi connectivity index (χ4v) is 6.86. The van der Waals surface area contributed by atoms with E-state index in [2.05, 4.69) is 26.0 Å². The molecule has 1 fully saturated rings. The third kappa shape index (κ3) is 27.9. The van der Waals surface area contributed by atoms with Gasteiger partial charge in [0, 0.05) is 20.0 Å². The SMILES string of the molecule is CCCCCCCC/C=C\CCCCCCCC(=O)O[C@H](COC(=O)CCCCCCCCCCC)COP(=O)(OC)OC[C@@H]1COC(C)(C)O1. The number of allylic oxidation sites excluding steroid dienone is 2. The summed E-state index contributed by atoms with van der Waals surface area (Å²) in [4.78, 5) is 25.2. The highest BCUT2D eigenvalue weighted by atomic mass is 31.2. The fraction of sp³-hybridized carbons (Fsp3) is 0.900. The highest BCUT2D eigenvalue weighted by Crippen LogP contribution is 2.49. The molecule has 3 atom stereocenters. The number of carbonyl (C=O) groups is 2. The van der Waals surface area contributed by atoms with Crippen LogP contribution >= 0.6 is 7.82 Å². The molecule has 1 heterocycles. The Bertz CT molecular complexity index is 940. The van der Waals surface area contributed by atoms with E-state index >= 15 is 0 Å². The molecule has 0 aromatic rings. The van der Waals surface area contributed by atoms with Crippen LogP contribution in [0.25, 0.3) is 0 Å². The van der Waals surface area contributed by atoms with E-state index in [1.54, 1.807) is 13.8 Å². The van der Waals surface area contributed by atoms with Crippen molar-refractivity contribution >= 4 is 19.8 Å². The van der Waals surface area contributed by atoms with Crippen LogP contribution in [0, 0.1) is 0 Å². The van der Waals surface area contributed by atoms with Crippen LogP contribution in [0.1, 0.15) is 182 Å². The standard InChI is InChI=1S/C40H75O10P/c1-6-8-10-12-14-16-17-18-19-20-21-23-25-27-29-31-39(42)49-36(32-45-38(41)30-28-26-24-22-15-13-11-9-7-2)34-47-51(43,44-5)48-35-37-33-46-40(3,4)50-37/h18-19,36-37H,6-17,20-35H2,1-5H3/b19-18-/t36-,37+,51?/m1/s1. The van der Waals surface area contributed by atoms with Crippen molar-refractivity contribution in [2.75, 3.05) is 33.5 Å². The lowest BCUT2D eigenvalue weighted by atomic mass is 10.1. The smallest absolute Gasteiger partial charge is 0.462 e. The summed E-state index contributed by atoms with van der Waals surface area (Å²) in [5.41, 5.74) is 0. The molecule has 300 valence electrons. The molecule has 0 spiro atoms. The Balaban J connectivity index is 2.41. The molecule has 0 bridgehead atoms. The molecular formula is C40H75O10P. The van der Waals surface area contributed by atoms with E-state index in [0.29, 0.717) is 12.8 Å². The maximum Gasteiger partial charge on any atom is 0.474 e. The molecule has 1 saturated heterocycles. The summed E-state index contributed by atoms with van der Waals surface area (Å²) < 4.78 is 51.5. The van der Waals surface area contributed by atoms with E-state index in [1.165, 1.54) is 90.6 Å². The predicted molar refractivity (Wildman–Crippen MR) is 204 cm³/mol. The van der Waals surface area contributed by atoms with Gasteiger partial charge in [0.1, 0.15) is 12.7 Å². The van der Waals surface area contributed by atoms with Gasteiger partial charge in [-0.1, -0.05) is 129 Å². The van der Waals surface area contributed by atoms with Gasteiger partial charge in [0.25, 0.3) is 0 Å². The quantitative estimate of drug-likeness (QED) is 0.0268. The lowest BCUT2D eigenvalue weighted by molar-refractivity contribution is -0.161. The Morgan fingerprint density at radius 1 is 0.706 bits per heavy atom. The zero-order valence-electron chi connectivity index (χ0n) is 33.1. The first-order chi connectivity index (χ1) is 24.6. The van der Waals surface area contributed by atoms with Gasteiger partial charge in [-0.15, -0.1) is 0 Å². The van der Waals surface area contributed by atoms with Crippen LogP contribution < -0.4 is 0 Å². The Morgan fingerprint density at radius 3 is 1.69 bits per heavy atom. The highest BCUT2D eigenvalue weighted by molar-refractivity contribution is 7.48. The van der Waals surface area contributed by atoms with Gasteiger partial charge < -0.3 is 18.9 Å². The topological polar surface area (TPSA) is 116 Å². The second kappa shape index (κ2) is 31.1. The minimum absolute atomic E-state index is 0.0673. The molecule has 0 aromatic carbocycles. The third-order valence-electron chi connectivity index (χ3n) is 8.98. The summed E-state index contributed by atoms with van der Waals surface area (Å²) in [6.07, 6.45) is 29.4. The summed E-state index contributed by atoms with van der Waals surface area (Å²) in [6.45, 7) is 7.73. The van der Waals surface area contributed by atoms with Crippen molar-refractivity contribution < 1.29 is 46.7 Å². The molecule has 0 aliphatic carbocycles. The van der Waals surface area contributed by atoms with E-state index in [9.17, 15) is 14.2 Å². The van der Waals surface area contributed by atoms with Crippen LogP contribution in [0.2, 0.25) is 0 Å². The fourth-order valence-electron chi connectivity index (χ4n) is 5.88. The Hall–Kier alpha value is -1.29. The van der Waals surface area contributed by atoms with Crippen LogP contribution in [0.15, 0.2) is 12.2 Å². The van der Waals surface area contributed by atoms with Crippen molar-refractivity contribution in [3.63, 3.8) is 0 Å². The maximum absolute atomic E-state index is 13.1. The number of phosphoric ester groups is 1. The predicted octanol–water partition coefficient (Wildman–Crippen LogP) is 11.3. The molecule has 0 N–H and O–H groups in total. The van der Waals surface area contributed by atoms with E-state index in [0.717, 1.165) is 51.4 Å². The van der Waals surface area contributed by atoms with Crippen molar-refractivity contribution in [2.45, 2.75) is 200 Å². The Morgan fingerprint density at radius 2 is 1.20 bits per heavy atom. The second-order valence-corrected chi connectivity index (χ2v) is 16.2. The van der Waals surface area contributed by atoms with Crippen LogP contribution in [-0.2, 0) is 46.7 Å². The summed E-state index contributed by atoms with van der Waals surface area (Å²) in [5, 5.41) is 0. The molecule has 1 unspecified atom stereocenters. The minimum atomic E-state index is -4.00. The van der Waals surface area contributed by atoms with Crippen LogP contribution in [-0.4, -0.2) is 63.5 Å². The van der Waals surface area contributed by atoms with Gasteiger partial charge in [0.05, 0.1) is 19.8 Å².